The van der Waals surface area contributed by atoms with Crippen molar-refractivity contribution in [2.45, 2.75) is 0 Å². The molecule has 0 saturated carbocycles. The largest absolute Gasteiger partial charge is 0.455 e. The summed E-state index contributed by atoms with van der Waals surface area (Å²) >= 11 is 0. The second-order valence-electron chi connectivity index (χ2n) is 6.59. The first-order valence-corrected chi connectivity index (χ1v) is 9.65. The SMILES string of the molecule is O=C(COc1nnc(OCC(=O)c2ccccc2)n1-c1ccccc1)c1ccccc1. The summed E-state index contributed by atoms with van der Waals surface area (Å²) in [6.45, 7) is -0.421. The van der Waals surface area contributed by atoms with Crippen LogP contribution in [0.3, 0.4) is 0 Å². The summed E-state index contributed by atoms with van der Waals surface area (Å²) in [4.78, 5) is 24.8. The molecule has 1 aromatic heterocycles. The van der Waals surface area contributed by atoms with Crippen molar-refractivity contribution in [1.29, 1.82) is 0 Å². The lowest BCUT2D eigenvalue weighted by Crippen LogP contribution is -2.15. The lowest BCUT2D eigenvalue weighted by molar-refractivity contribution is 0.0911. The van der Waals surface area contributed by atoms with Crippen molar-refractivity contribution in [1.82, 2.24) is 14.8 Å². The molecule has 0 saturated heterocycles. The highest BCUT2D eigenvalue weighted by Crippen LogP contribution is 2.23. The van der Waals surface area contributed by atoms with E-state index in [-0.39, 0.29) is 36.8 Å². The van der Waals surface area contributed by atoms with E-state index in [0.29, 0.717) is 16.8 Å². The molecule has 4 rings (SSSR count). The molecule has 0 N–H and O–H groups in total. The maximum atomic E-state index is 12.4. The zero-order valence-corrected chi connectivity index (χ0v) is 16.5. The molecule has 1 heterocycles. The quantitative estimate of drug-likeness (QED) is 0.388. The highest BCUT2D eigenvalue weighted by molar-refractivity contribution is 5.97. The molecule has 0 amide bonds. The molecule has 4 aromatic rings. The average Bonchev–Trinajstić information content (AvgIpc) is 3.25. The molecule has 0 atom stereocenters. The van der Waals surface area contributed by atoms with E-state index in [9.17, 15) is 9.59 Å². The van der Waals surface area contributed by atoms with E-state index >= 15 is 0 Å². The molecular weight excluding hydrogens is 394 g/mol. The van der Waals surface area contributed by atoms with Gasteiger partial charge in [0.2, 0.25) is 0 Å². The first-order chi connectivity index (χ1) is 15.2. The zero-order chi connectivity index (χ0) is 21.5. The van der Waals surface area contributed by atoms with E-state index in [1.807, 2.05) is 42.5 Å². The number of Topliss-reactive ketones (excluding diaryl/α,β-unsaturated/α-hetero) is 2. The number of benzene rings is 3. The van der Waals surface area contributed by atoms with Gasteiger partial charge >= 0.3 is 12.0 Å². The van der Waals surface area contributed by atoms with Crippen LogP contribution in [0.2, 0.25) is 0 Å². The number of rotatable bonds is 9. The normalized spacial score (nSPS) is 10.5. The van der Waals surface area contributed by atoms with Gasteiger partial charge in [0.05, 0.1) is 5.69 Å². The van der Waals surface area contributed by atoms with Crippen LogP contribution in [0.4, 0.5) is 0 Å². The Balaban J connectivity index is 1.53. The Morgan fingerprint density at radius 2 is 1.00 bits per heavy atom. The van der Waals surface area contributed by atoms with Crippen LogP contribution < -0.4 is 9.47 Å². The van der Waals surface area contributed by atoms with Crippen molar-refractivity contribution < 1.29 is 19.1 Å². The first-order valence-electron chi connectivity index (χ1n) is 9.65. The van der Waals surface area contributed by atoms with Gasteiger partial charge in [0.25, 0.3) is 0 Å². The van der Waals surface area contributed by atoms with Crippen molar-refractivity contribution >= 4 is 11.6 Å². The highest BCUT2D eigenvalue weighted by atomic mass is 16.5. The molecule has 0 spiro atoms. The number of hydrogen-bond donors (Lipinski definition) is 0. The van der Waals surface area contributed by atoms with Gasteiger partial charge < -0.3 is 9.47 Å². The Morgan fingerprint density at radius 3 is 1.42 bits per heavy atom. The molecule has 0 aliphatic rings. The van der Waals surface area contributed by atoms with Gasteiger partial charge in [0, 0.05) is 11.1 Å². The van der Waals surface area contributed by atoms with Crippen molar-refractivity contribution in [2.24, 2.45) is 0 Å². The van der Waals surface area contributed by atoms with Crippen LogP contribution in [0.25, 0.3) is 5.69 Å². The smallest absolute Gasteiger partial charge is 0.325 e. The predicted octanol–water partition coefficient (Wildman–Crippen LogP) is 3.79. The molecule has 0 fully saturated rings. The van der Waals surface area contributed by atoms with Crippen LogP contribution >= 0.6 is 0 Å². The van der Waals surface area contributed by atoms with Crippen LogP contribution in [0.15, 0.2) is 91.0 Å². The van der Waals surface area contributed by atoms with Gasteiger partial charge in [-0.3, -0.25) is 9.59 Å². The third-order valence-electron chi connectivity index (χ3n) is 4.47. The molecule has 0 aliphatic carbocycles. The summed E-state index contributed by atoms with van der Waals surface area (Å²) in [6.07, 6.45) is 0. The van der Waals surface area contributed by atoms with Crippen LogP contribution in [-0.2, 0) is 0 Å². The van der Waals surface area contributed by atoms with Crippen LogP contribution in [-0.4, -0.2) is 39.5 Å². The molecule has 31 heavy (non-hydrogen) atoms. The third-order valence-corrected chi connectivity index (χ3v) is 4.47. The van der Waals surface area contributed by atoms with Crippen molar-refractivity contribution in [3.63, 3.8) is 0 Å². The van der Waals surface area contributed by atoms with Gasteiger partial charge in [0.1, 0.15) is 0 Å². The Kier molecular flexibility index (Phi) is 6.13. The molecule has 7 heteroatoms. The van der Waals surface area contributed by atoms with Crippen molar-refractivity contribution in [2.75, 3.05) is 13.2 Å². The highest BCUT2D eigenvalue weighted by Gasteiger charge is 2.19. The van der Waals surface area contributed by atoms with Gasteiger partial charge in [0.15, 0.2) is 24.8 Å². The Morgan fingerprint density at radius 1 is 0.613 bits per heavy atom. The lowest BCUT2D eigenvalue weighted by Gasteiger charge is -2.11. The molecule has 0 aliphatic heterocycles. The minimum absolute atomic E-state index is 0.0950. The van der Waals surface area contributed by atoms with E-state index in [2.05, 4.69) is 10.2 Å². The second kappa shape index (κ2) is 9.49. The van der Waals surface area contributed by atoms with Gasteiger partial charge in [-0.1, -0.05) is 89.1 Å². The van der Waals surface area contributed by atoms with E-state index < -0.39 is 0 Å². The lowest BCUT2D eigenvalue weighted by atomic mass is 10.1. The average molecular weight is 413 g/mol. The maximum Gasteiger partial charge on any atom is 0.325 e. The molecule has 3 aromatic carbocycles. The third kappa shape index (κ3) is 4.84. The summed E-state index contributed by atoms with van der Waals surface area (Å²) in [5.74, 6) is -0.380. The molecule has 0 unspecified atom stereocenters. The summed E-state index contributed by atoms with van der Waals surface area (Å²) in [5.41, 5.74) is 1.76. The van der Waals surface area contributed by atoms with Gasteiger partial charge in [-0.2, -0.15) is 0 Å². The first kappa shape index (κ1) is 20.0. The Bertz CT molecular complexity index is 1090. The van der Waals surface area contributed by atoms with Crippen LogP contribution in [0, 0.1) is 0 Å². The minimum atomic E-state index is -0.210. The van der Waals surface area contributed by atoms with E-state index in [0.717, 1.165) is 0 Å². The number of para-hydroxylation sites is 1. The van der Waals surface area contributed by atoms with Gasteiger partial charge in [-0.05, 0) is 12.1 Å². The monoisotopic (exact) mass is 413 g/mol. The number of ketones is 2. The second-order valence-corrected chi connectivity index (χ2v) is 6.59. The fraction of sp³-hybridized carbons (Fsp3) is 0.0833. The number of ether oxygens (including phenoxy) is 2. The van der Waals surface area contributed by atoms with Crippen molar-refractivity contribution in [3.8, 4) is 17.7 Å². The fourth-order valence-corrected chi connectivity index (χ4v) is 2.92. The van der Waals surface area contributed by atoms with Gasteiger partial charge in [-0.25, -0.2) is 4.57 Å². The molecule has 0 bridgehead atoms. The number of carbonyl (C=O) groups excluding carboxylic acids is 2. The number of carbonyl (C=O) groups is 2. The number of aromatic nitrogens is 3. The standard InChI is InChI=1S/C24H19N3O4/c28-21(18-10-4-1-5-11-18)16-30-23-25-26-24(27(23)20-14-8-3-9-15-20)31-17-22(29)19-12-6-2-7-13-19/h1-15H,16-17H2. The van der Waals surface area contributed by atoms with Crippen LogP contribution in [0.1, 0.15) is 20.7 Å². The number of nitrogens with zero attached hydrogens (tertiary/aromatic N) is 3. The fourth-order valence-electron chi connectivity index (χ4n) is 2.92. The molecular formula is C24H19N3O4. The van der Waals surface area contributed by atoms with E-state index in [1.165, 1.54) is 4.57 Å². The molecule has 0 radical (unpaired) electrons. The summed E-state index contributed by atoms with van der Waals surface area (Å²) in [6, 6.07) is 27.1. The van der Waals surface area contributed by atoms with E-state index in [4.69, 9.17) is 9.47 Å². The van der Waals surface area contributed by atoms with Crippen molar-refractivity contribution in [3.05, 3.63) is 102 Å². The molecule has 7 nitrogen and oxygen atoms in total. The Hall–Kier alpha value is -4.26. The minimum Gasteiger partial charge on any atom is -0.455 e. The summed E-state index contributed by atoms with van der Waals surface area (Å²) < 4.78 is 12.8. The topological polar surface area (TPSA) is 83.3 Å². The summed E-state index contributed by atoms with van der Waals surface area (Å²) in [5, 5.41) is 8.02. The maximum absolute atomic E-state index is 12.4. The van der Waals surface area contributed by atoms with Crippen LogP contribution in [0.5, 0.6) is 12.0 Å². The van der Waals surface area contributed by atoms with E-state index in [1.54, 1.807) is 48.5 Å². The zero-order valence-electron chi connectivity index (χ0n) is 16.5. The summed E-state index contributed by atoms with van der Waals surface area (Å²) in [7, 11) is 0. The Labute approximate surface area is 178 Å². The van der Waals surface area contributed by atoms with Gasteiger partial charge in [-0.15, -0.1) is 0 Å². The predicted molar refractivity (Wildman–Crippen MR) is 114 cm³/mol. The number of hydrogen-bond acceptors (Lipinski definition) is 6. The molecule has 154 valence electrons.